The molecule has 3 rings (SSSR count). The van der Waals surface area contributed by atoms with E-state index in [1.54, 1.807) is 0 Å². The van der Waals surface area contributed by atoms with Gasteiger partial charge < -0.3 is 19.9 Å². The Morgan fingerprint density at radius 2 is 1.88 bits per heavy atom. The lowest BCUT2D eigenvalue weighted by molar-refractivity contribution is -0.133. The molecule has 0 saturated carbocycles. The van der Waals surface area contributed by atoms with Crippen LogP contribution in [0.4, 0.5) is 11.8 Å². The highest BCUT2D eigenvalue weighted by atomic mass is 16.5. The number of aryl methyl sites for hydroxylation is 1. The molecule has 1 fully saturated rings. The first-order valence-corrected chi connectivity index (χ1v) is 8.96. The van der Waals surface area contributed by atoms with Crippen molar-refractivity contribution >= 4 is 17.7 Å². The molecule has 138 valence electrons. The minimum Gasteiger partial charge on any atom is -0.484 e. The lowest BCUT2D eigenvalue weighted by Crippen LogP contribution is -2.50. The summed E-state index contributed by atoms with van der Waals surface area (Å²) in [7, 11) is 0. The number of para-hydroxylation sites is 1. The van der Waals surface area contributed by atoms with Gasteiger partial charge in [0.1, 0.15) is 11.6 Å². The molecule has 1 aliphatic rings. The summed E-state index contributed by atoms with van der Waals surface area (Å²) in [6.07, 6.45) is 0. The lowest BCUT2D eigenvalue weighted by atomic mass is 10.3. The quantitative estimate of drug-likeness (QED) is 0.854. The van der Waals surface area contributed by atoms with E-state index in [1.165, 1.54) is 0 Å². The Hall–Kier alpha value is -2.83. The SMILES string of the molecule is CCNc1cc(C)nc(N2CCN(C(=O)COc3ccccc3)CC2)n1. The number of anilines is 2. The topological polar surface area (TPSA) is 70.6 Å². The maximum atomic E-state index is 12.3. The summed E-state index contributed by atoms with van der Waals surface area (Å²) < 4.78 is 5.55. The van der Waals surface area contributed by atoms with Gasteiger partial charge in [-0.3, -0.25) is 4.79 Å². The average molecular weight is 355 g/mol. The summed E-state index contributed by atoms with van der Waals surface area (Å²) in [5, 5.41) is 3.23. The zero-order valence-electron chi connectivity index (χ0n) is 15.3. The Morgan fingerprint density at radius 1 is 1.15 bits per heavy atom. The first-order valence-electron chi connectivity index (χ1n) is 8.96. The van der Waals surface area contributed by atoms with Crippen LogP contribution >= 0.6 is 0 Å². The third-order valence-corrected chi connectivity index (χ3v) is 4.22. The van der Waals surface area contributed by atoms with Gasteiger partial charge in [0.2, 0.25) is 5.95 Å². The van der Waals surface area contributed by atoms with Crippen LogP contribution in [-0.2, 0) is 4.79 Å². The molecule has 0 atom stereocenters. The van der Waals surface area contributed by atoms with E-state index in [1.807, 2.05) is 55.1 Å². The second-order valence-corrected chi connectivity index (χ2v) is 6.19. The Morgan fingerprint density at radius 3 is 2.58 bits per heavy atom. The molecule has 0 radical (unpaired) electrons. The highest BCUT2D eigenvalue weighted by molar-refractivity contribution is 5.78. The van der Waals surface area contributed by atoms with Crippen LogP contribution < -0.4 is 15.0 Å². The number of piperazine rings is 1. The van der Waals surface area contributed by atoms with Gasteiger partial charge in [0, 0.05) is 44.5 Å². The van der Waals surface area contributed by atoms with Crippen LogP contribution in [0, 0.1) is 6.92 Å². The molecule has 7 heteroatoms. The Labute approximate surface area is 154 Å². The minimum absolute atomic E-state index is 0.00648. The van der Waals surface area contributed by atoms with E-state index in [-0.39, 0.29) is 12.5 Å². The van der Waals surface area contributed by atoms with Crippen molar-refractivity contribution in [3.05, 3.63) is 42.1 Å². The highest BCUT2D eigenvalue weighted by Crippen LogP contribution is 2.16. The van der Waals surface area contributed by atoms with E-state index >= 15 is 0 Å². The molecule has 0 spiro atoms. The fourth-order valence-corrected chi connectivity index (χ4v) is 2.87. The van der Waals surface area contributed by atoms with Crippen molar-refractivity contribution in [1.82, 2.24) is 14.9 Å². The van der Waals surface area contributed by atoms with Gasteiger partial charge in [-0.25, -0.2) is 4.98 Å². The van der Waals surface area contributed by atoms with Crippen molar-refractivity contribution in [2.45, 2.75) is 13.8 Å². The number of rotatable bonds is 6. The number of nitrogens with zero attached hydrogens (tertiary/aromatic N) is 4. The smallest absolute Gasteiger partial charge is 0.260 e. The summed E-state index contributed by atoms with van der Waals surface area (Å²) in [5.74, 6) is 2.27. The van der Waals surface area contributed by atoms with Crippen molar-refractivity contribution in [2.24, 2.45) is 0 Å². The van der Waals surface area contributed by atoms with E-state index in [0.29, 0.717) is 37.9 Å². The Balaban J connectivity index is 1.53. The van der Waals surface area contributed by atoms with Crippen LogP contribution in [0.2, 0.25) is 0 Å². The predicted molar refractivity (Wildman–Crippen MR) is 102 cm³/mol. The molecular formula is C19H25N5O2. The Bertz CT molecular complexity index is 730. The number of hydrogen-bond acceptors (Lipinski definition) is 6. The molecule has 0 bridgehead atoms. The molecule has 2 heterocycles. The molecule has 1 N–H and O–H groups in total. The van der Waals surface area contributed by atoms with Crippen molar-refractivity contribution in [3.8, 4) is 5.75 Å². The van der Waals surface area contributed by atoms with E-state index in [0.717, 1.165) is 18.1 Å². The van der Waals surface area contributed by atoms with Crippen LogP contribution in [0.3, 0.4) is 0 Å². The van der Waals surface area contributed by atoms with Crippen molar-refractivity contribution in [2.75, 3.05) is 49.5 Å². The molecule has 0 aliphatic carbocycles. The fraction of sp³-hybridized carbons (Fsp3) is 0.421. The van der Waals surface area contributed by atoms with Crippen LogP contribution in [0.15, 0.2) is 36.4 Å². The van der Waals surface area contributed by atoms with Gasteiger partial charge in [-0.05, 0) is 26.0 Å². The van der Waals surface area contributed by atoms with Crippen molar-refractivity contribution < 1.29 is 9.53 Å². The van der Waals surface area contributed by atoms with E-state index in [9.17, 15) is 4.79 Å². The zero-order valence-corrected chi connectivity index (χ0v) is 15.3. The van der Waals surface area contributed by atoms with E-state index < -0.39 is 0 Å². The van der Waals surface area contributed by atoms with Gasteiger partial charge in [0.05, 0.1) is 0 Å². The van der Waals surface area contributed by atoms with Gasteiger partial charge in [-0.2, -0.15) is 4.98 Å². The summed E-state index contributed by atoms with van der Waals surface area (Å²) >= 11 is 0. The number of aromatic nitrogens is 2. The highest BCUT2D eigenvalue weighted by Gasteiger charge is 2.23. The normalized spacial score (nSPS) is 14.2. The fourth-order valence-electron chi connectivity index (χ4n) is 2.87. The molecule has 26 heavy (non-hydrogen) atoms. The second kappa shape index (κ2) is 8.51. The van der Waals surface area contributed by atoms with Gasteiger partial charge in [-0.15, -0.1) is 0 Å². The Kier molecular flexibility index (Phi) is 5.88. The first kappa shape index (κ1) is 18.0. The monoisotopic (exact) mass is 355 g/mol. The molecule has 2 aromatic rings. The summed E-state index contributed by atoms with van der Waals surface area (Å²) in [6.45, 7) is 7.61. The summed E-state index contributed by atoms with van der Waals surface area (Å²) in [4.78, 5) is 25.4. The van der Waals surface area contributed by atoms with Crippen LogP contribution in [0.5, 0.6) is 5.75 Å². The summed E-state index contributed by atoms with van der Waals surface area (Å²) in [5.41, 5.74) is 0.931. The minimum atomic E-state index is 0.00648. The van der Waals surface area contributed by atoms with Crippen molar-refractivity contribution in [3.63, 3.8) is 0 Å². The molecule has 1 saturated heterocycles. The number of amides is 1. The number of hydrogen-bond donors (Lipinski definition) is 1. The molecular weight excluding hydrogens is 330 g/mol. The third-order valence-electron chi connectivity index (χ3n) is 4.22. The molecule has 1 aromatic heterocycles. The van der Waals surface area contributed by atoms with E-state index in [4.69, 9.17) is 4.74 Å². The number of nitrogens with one attached hydrogen (secondary N) is 1. The maximum absolute atomic E-state index is 12.3. The van der Waals surface area contributed by atoms with Gasteiger partial charge in [0.15, 0.2) is 6.61 Å². The van der Waals surface area contributed by atoms with Gasteiger partial charge >= 0.3 is 0 Å². The van der Waals surface area contributed by atoms with Crippen LogP contribution in [-0.4, -0.2) is 60.1 Å². The zero-order chi connectivity index (χ0) is 18.4. The van der Waals surface area contributed by atoms with Gasteiger partial charge in [0.25, 0.3) is 5.91 Å². The van der Waals surface area contributed by atoms with Crippen LogP contribution in [0.1, 0.15) is 12.6 Å². The largest absolute Gasteiger partial charge is 0.484 e. The molecule has 1 aliphatic heterocycles. The first-order chi connectivity index (χ1) is 12.7. The number of benzene rings is 1. The van der Waals surface area contributed by atoms with E-state index in [2.05, 4.69) is 20.2 Å². The number of carbonyl (C=O) groups excluding carboxylic acids is 1. The number of ether oxygens (including phenoxy) is 1. The average Bonchev–Trinajstić information content (AvgIpc) is 2.67. The van der Waals surface area contributed by atoms with Crippen molar-refractivity contribution in [1.29, 1.82) is 0 Å². The molecule has 1 amide bonds. The molecule has 7 nitrogen and oxygen atoms in total. The molecule has 1 aromatic carbocycles. The molecule has 0 unspecified atom stereocenters. The second-order valence-electron chi connectivity index (χ2n) is 6.19. The third kappa shape index (κ3) is 4.62. The number of carbonyl (C=O) groups is 1. The summed E-state index contributed by atoms with van der Waals surface area (Å²) in [6, 6.07) is 11.3. The standard InChI is InChI=1S/C19H25N5O2/c1-3-20-17-13-15(2)21-19(22-17)24-11-9-23(10-12-24)18(25)14-26-16-7-5-4-6-8-16/h4-8,13H,3,9-12,14H2,1-2H3,(H,20,21,22). The predicted octanol–water partition coefficient (Wildman–Crippen LogP) is 1.94. The van der Waals surface area contributed by atoms with Gasteiger partial charge in [-0.1, -0.05) is 18.2 Å². The maximum Gasteiger partial charge on any atom is 0.260 e. The lowest BCUT2D eigenvalue weighted by Gasteiger charge is -2.34. The van der Waals surface area contributed by atoms with Crippen LogP contribution in [0.25, 0.3) is 0 Å².